The van der Waals surface area contributed by atoms with Crippen LogP contribution < -0.4 is 16.0 Å². The minimum atomic E-state index is -0.880. The summed E-state index contributed by atoms with van der Waals surface area (Å²) in [7, 11) is 3.39. The Hall–Kier alpha value is -3.21. The Morgan fingerprint density at radius 2 is 1.65 bits per heavy atom. The highest BCUT2D eigenvalue weighted by Crippen LogP contribution is 2.27. The number of hydrogen-bond donors (Lipinski definition) is 3. The first-order valence-electron chi connectivity index (χ1n) is 13.3. The van der Waals surface area contributed by atoms with Crippen molar-refractivity contribution in [2.75, 3.05) is 32.5 Å². The second kappa shape index (κ2) is 14.4. The summed E-state index contributed by atoms with van der Waals surface area (Å²) in [4.78, 5) is 59.0. The van der Waals surface area contributed by atoms with Gasteiger partial charge in [-0.05, 0) is 75.0 Å². The van der Waals surface area contributed by atoms with E-state index >= 15 is 0 Å². The van der Waals surface area contributed by atoms with Gasteiger partial charge in [-0.25, -0.2) is 4.98 Å². The third-order valence-corrected chi connectivity index (χ3v) is 7.49. The Morgan fingerprint density at radius 1 is 0.950 bits per heavy atom. The maximum Gasteiger partial charge on any atom is 0.314 e. The third-order valence-electron chi connectivity index (χ3n) is 7.27. The fourth-order valence-electron chi connectivity index (χ4n) is 5.16. The van der Waals surface area contributed by atoms with Gasteiger partial charge >= 0.3 is 11.8 Å². The van der Waals surface area contributed by atoms with E-state index in [0.29, 0.717) is 29.8 Å². The SMILES string of the molecule is CN(C)C(=O)[C@H]1CC[C@H](NC(=O)C(=O)Nc2ccc(Cl)cn2)[C@H](NC(=O)c2ccc(CN3CCCC3)cc2)C1.Cl. The summed E-state index contributed by atoms with van der Waals surface area (Å²) in [6.45, 7) is 3.05. The van der Waals surface area contributed by atoms with E-state index in [-0.39, 0.29) is 36.0 Å². The van der Waals surface area contributed by atoms with Crippen LogP contribution in [-0.2, 0) is 20.9 Å². The summed E-state index contributed by atoms with van der Waals surface area (Å²) in [6.07, 6.45) is 5.11. The summed E-state index contributed by atoms with van der Waals surface area (Å²) in [6, 6.07) is 9.50. The number of likely N-dealkylation sites (tertiary alicyclic amines) is 1. The summed E-state index contributed by atoms with van der Waals surface area (Å²) in [5, 5.41) is 8.60. The molecule has 0 spiro atoms. The van der Waals surface area contributed by atoms with Crippen molar-refractivity contribution in [3.05, 3.63) is 58.7 Å². The van der Waals surface area contributed by atoms with E-state index < -0.39 is 23.9 Å². The van der Waals surface area contributed by atoms with Crippen molar-refractivity contribution in [3.8, 4) is 0 Å². The second-order valence-electron chi connectivity index (χ2n) is 10.4. The van der Waals surface area contributed by atoms with E-state index in [1.165, 1.54) is 30.0 Å². The van der Waals surface area contributed by atoms with Crippen LogP contribution in [0.4, 0.5) is 5.82 Å². The van der Waals surface area contributed by atoms with Crippen LogP contribution in [0.3, 0.4) is 0 Å². The number of carbonyl (C=O) groups excluding carboxylic acids is 4. The van der Waals surface area contributed by atoms with Gasteiger partial charge in [-0.15, -0.1) is 12.4 Å². The van der Waals surface area contributed by atoms with Crippen LogP contribution in [-0.4, -0.2) is 77.7 Å². The van der Waals surface area contributed by atoms with Gasteiger partial charge in [0.15, 0.2) is 0 Å². The number of rotatable bonds is 7. The van der Waals surface area contributed by atoms with Crippen LogP contribution in [0.2, 0.25) is 5.02 Å². The zero-order valence-electron chi connectivity index (χ0n) is 22.7. The molecule has 1 aliphatic heterocycles. The molecular weight excluding hydrogens is 555 g/mol. The van der Waals surface area contributed by atoms with Crippen molar-refractivity contribution in [1.82, 2.24) is 25.4 Å². The molecular formula is C28H36Cl2N6O4. The summed E-state index contributed by atoms with van der Waals surface area (Å²) in [5.41, 5.74) is 1.65. The zero-order valence-corrected chi connectivity index (χ0v) is 24.3. The number of amides is 4. The molecule has 0 bridgehead atoms. The Labute approximate surface area is 245 Å². The van der Waals surface area contributed by atoms with Crippen LogP contribution in [0.1, 0.15) is 48.0 Å². The molecule has 216 valence electrons. The van der Waals surface area contributed by atoms with E-state index in [2.05, 4.69) is 25.8 Å². The number of benzene rings is 1. The predicted octanol–water partition coefficient (Wildman–Crippen LogP) is 2.86. The van der Waals surface area contributed by atoms with Crippen molar-refractivity contribution in [2.45, 2.75) is 50.7 Å². The molecule has 10 nitrogen and oxygen atoms in total. The Kier molecular flexibility index (Phi) is 11.3. The van der Waals surface area contributed by atoms with Crippen molar-refractivity contribution in [3.63, 3.8) is 0 Å². The molecule has 1 aromatic heterocycles. The first kappa shape index (κ1) is 31.3. The van der Waals surface area contributed by atoms with Crippen LogP contribution in [0.5, 0.6) is 0 Å². The standard InChI is InChI=1S/C28H35ClN6O4.ClH/c1-34(2)28(39)20-9-11-22(31-26(37)27(38)33-24-12-10-21(29)16-30-24)23(15-20)32-25(36)19-7-5-18(6-8-19)17-35-13-3-4-14-35;/h5-8,10,12,16,20,22-23H,3-4,9,11,13-15,17H2,1-2H3,(H,31,37)(H,32,36)(H,30,33,38);1H/t20-,22-,23+;/m0./s1. The van der Waals surface area contributed by atoms with Crippen molar-refractivity contribution in [2.24, 2.45) is 5.92 Å². The fourth-order valence-corrected chi connectivity index (χ4v) is 5.27. The molecule has 3 N–H and O–H groups in total. The molecule has 2 fully saturated rings. The molecule has 0 unspecified atom stereocenters. The van der Waals surface area contributed by atoms with Crippen LogP contribution in [0.15, 0.2) is 42.6 Å². The van der Waals surface area contributed by atoms with E-state index in [1.807, 2.05) is 12.1 Å². The minimum absolute atomic E-state index is 0. The molecule has 1 aliphatic carbocycles. The van der Waals surface area contributed by atoms with Crippen molar-refractivity contribution in [1.29, 1.82) is 0 Å². The molecule has 4 rings (SSSR count). The average molecular weight is 592 g/mol. The number of halogens is 2. The molecule has 40 heavy (non-hydrogen) atoms. The first-order chi connectivity index (χ1) is 18.7. The molecule has 0 radical (unpaired) electrons. The maximum atomic E-state index is 13.2. The van der Waals surface area contributed by atoms with Crippen molar-refractivity contribution < 1.29 is 19.2 Å². The molecule has 3 atom stereocenters. The fraction of sp³-hybridized carbons (Fsp3) is 0.464. The lowest BCUT2D eigenvalue weighted by Gasteiger charge is -2.37. The molecule has 2 aliphatic rings. The van der Waals surface area contributed by atoms with Gasteiger partial charge in [-0.3, -0.25) is 24.1 Å². The smallest absolute Gasteiger partial charge is 0.314 e. The first-order valence-corrected chi connectivity index (χ1v) is 13.6. The highest BCUT2D eigenvalue weighted by atomic mass is 35.5. The minimum Gasteiger partial charge on any atom is -0.349 e. The predicted molar refractivity (Wildman–Crippen MR) is 155 cm³/mol. The van der Waals surface area contributed by atoms with Crippen LogP contribution in [0, 0.1) is 5.92 Å². The lowest BCUT2D eigenvalue weighted by molar-refractivity contribution is -0.137. The molecule has 4 amide bonds. The molecule has 1 saturated carbocycles. The van der Waals surface area contributed by atoms with Gasteiger partial charge in [0.25, 0.3) is 5.91 Å². The summed E-state index contributed by atoms with van der Waals surface area (Å²) in [5.74, 6) is -2.16. The Bertz CT molecular complexity index is 1190. The third kappa shape index (κ3) is 8.39. The van der Waals surface area contributed by atoms with Crippen molar-refractivity contribution >= 4 is 53.5 Å². The number of anilines is 1. The van der Waals surface area contributed by atoms with E-state index in [1.54, 1.807) is 32.3 Å². The molecule has 1 aromatic carbocycles. The topological polar surface area (TPSA) is 124 Å². The van der Waals surface area contributed by atoms with Gasteiger partial charge in [-0.1, -0.05) is 23.7 Å². The van der Waals surface area contributed by atoms with Gasteiger partial charge in [0.2, 0.25) is 5.91 Å². The molecule has 12 heteroatoms. The Balaban J connectivity index is 0.00000441. The second-order valence-corrected chi connectivity index (χ2v) is 10.8. The van der Waals surface area contributed by atoms with Gasteiger partial charge < -0.3 is 20.9 Å². The number of nitrogens with zero attached hydrogens (tertiary/aromatic N) is 3. The highest BCUT2D eigenvalue weighted by Gasteiger charge is 2.37. The highest BCUT2D eigenvalue weighted by molar-refractivity contribution is 6.39. The number of pyridine rings is 1. The number of nitrogens with one attached hydrogen (secondary N) is 3. The van der Waals surface area contributed by atoms with Gasteiger partial charge in [0, 0.05) is 44.4 Å². The van der Waals surface area contributed by atoms with Gasteiger partial charge in [0.05, 0.1) is 11.1 Å². The van der Waals surface area contributed by atoms with Gasteiger partial charge in [0.1, 0.15) is 5.82 Å². The lowest BCUT2D eigenvalue weighted by atomic mass is 9.81. The number of carbonyl (C=O) groups is 4. The summed E-state index contributed by atoms with van der Waals surface area (Å²) < 4.78 is 0. The maximum absolute atomic E-state index is 13.2. The Morgan fingerprint density at radius 3 is 2.27 bits per heavy atom. The normalized spacial score (nSPS) is 20.6. The average Bonchev–Trinajstić information content (AvgIpc) is 3.43. The lowest BCUT2D eigenvalue weighted by Crippen LogP contribution is -2.57. The quantitative estimate of drug-likeness (QED) is 0.426. The molecule has 2 aromatic rings. The van der Waals surface area contributed by atoms with Crippen LogP contribution in [0.25, 0.3) is 0 Å². The van der Waals surface area contributed by atoms with E-state index in [4.69, 9.17) is 11.6 Å². The monoisotopic (exact) mass is 590 g/mol. The summed E-state index contributed by atoms with van der Waals surface area (Å²) >= 11 is 5.82. The molecule has 2 heterocycles. The number of hydrogen-bond acceptors (Lipinski definition) is 6. The van der Waals surface area contributed by atoms with E-state index in [0.717, 1.165) is 25.2 Å². The largest absolute Gasteiger partial charge is 0.349 e. The molecule has 1 saturated heterocycles. The van der Waals surface area contributed by atoms with E-state index in [9.17, 15) is 19.2 Å². The van der Waals surface area contributed by atoms with Gasteiger partial charge in [-0.2, -0.15) is 0 Å². The number of aromatic nitrogens is 1. The van der Waals surface area contributed by atoms with Crippen LogP contribution >= 0.6 is 24.0 Å². The zero-order chi connectivity index (χ0) is 27.9.